The highest BCUT2D eigenvalue weighted by atomic mass is 79.9. The minimum atomic E-state index is -1.80. The van der Waals surface area contributed by atoms with Gasteiger partial charge >= 0.3 is 5.97 Å². The monoisotopic (exact) mass is 276 g/mol. The van der Waals surface area contributed by atoms with E-state index in [1.807, 2.05) is 0 Å². The van der Waals surface area contributed by atoms with Gasteiger partial charge < -0.3 is 20.1 Å². The van der Waals surface area contributed by atoms with Crippen LogP contribution in [0.4, 0.5) is 0 Å². The first-order valence-corrected chi connectivity index (χ1v) is 4.74. The third-order valence-corrected chi connectivity index (χ3v) is 2.55. The molecule has 0 bridgehead atoms. The number of aliphatic carboxylic acids is 1. The first-order chi connectivity index (χ1) is 6.99. The van der Waals surface area contributed by atoms with Gasteiger partial charge in [0.2, 0.25) is 0 Å². The molecule has 6 heteroatoms. The van der Waals surface area contributed by atoms with Crippen LogP contribution in [0.25, 0.3) is 0 Å². The number of benzene rings is 1. The minimum absolute atomic E-state index is 0.105. The lowest BCUT2D eigenvalue weighted by atomic mass is 10.1. The molecule has 3 N–H and O–H groups in total. The Hall–Kier alpha value is -1.27. The van der Waals surface area contributed by atoms with E-state index in [0.717, 1.165) is 0 Å². The van der Waals surface area contributed by atoms with Crippen LogP contribution in [0.15, 0.2) is 16.6 Å². The molecule has 0 fully saturated rings. The summed E-state index contributed by atoms with van der Waals surface area (Å²) in [5.41, 5.74) is -0.123. The van der Waals surface area contributed by atoms with Crippen molar-refractivity contribution in [3.05, 3.63) is 22.2 Å². The number of halogens is 1. The predicted molar refractivity (Wildman–Crippen MR) is 55.0 cm³/mol. The fraction of sp³-hybridized carbons (Fsp3) is 0.222. The topological polar surface area (TPSA) is 87.0 Å². The van der Waals surface area contributed by atoms with Crippen LogP contribution in [0.2, 0.25) is 0 Å². The van der Waals surface area contributed by atoms with Crippen molar-refractivity contribution in [1.82, 2.24) is 0 Å². The lowest BCUT2D eigenvalue weighted by Crippen LogP contribution is -2.11. The fourth-order valence-electron chi connectivity index (χ4n) is 1.11. The third-order valence-electron chi connectivity index (χ3n) is 1.85. The largest absolute Gasteiger partial charge is 0.504 e. The molecule has 0 saturated carbocycles. The van der Waals surface area contributed by atoms with Gasteiger partial charge in [0.15, 0.2) is 17.6 Å². The number of aromatic hydroxyl groups is 1. The number of methoxy groups -OCH3 is 1. The molecule has 1 atom stereocenters. The highest BCUT2D eigenvalue weighted by Crippen LogP contribution is 2.38. The Labute approximate surface area is 94.1 Å². The van der Waals surface area contributed by atoms with Crippen LogP contribution in [-0.4, -0.2) is 28.4 Å². The van der Waals surface area contributed by atoms with Gasteiger partial charge in [-0.25, -0.2) is 4.79 Å². The maximum atomic E-state index is 10.6. The van der Waals surface area contributed by atoms with Crippen LogP contribution in [0.1, 0.15) is 11.7 Å². The zero-order chi connectivity index (χ0) is 11.6. The summed E-state index contributed by atoms with van der Waals surface area (Å²) < 4.78 is 5.10. The van der Waals surface area contributed by atoms with Crippen molar-refractivity contribution in [2.45, 2.75) is 6.10 Å². The zero-order valence-electron chi connectivity index (χ0n) is 7.77. The quantitative estimate of drug-likeness (QED) is 0.774. The molecule has 1 unspecified atom stereocenters. The Balaban J connectivity index is 3.32. The molecule has 0 spiro atoms. The third kappa shape index (κ3) is 2.21. The maximum Gasteiger partial charge on any atom is 0.337 e. The number of carboxylic acid groups (broad SMARTS) is 1. The second kappa shape index (κ2) is 4.50. The molecular weight excluding hydrogens is 268 g/mol. The normalized spacial score (nSPS) is 12.2. The van der Waals surface area contributed by atoms with Crippen LogP contribution < -0.4 is 4.74 Å². The van der Waals surface area contributed by atoms with Gasteiger partial charge in [0, 0.05) is 4.47 Å². The first kappa shape index (κ1) is 11.8. The van der Waals surface area contributed by atoms with Gasteiger partial charge in [-0.1, -0.05) is 15.9 Å². The number of hydrogen-bond donors (Lipinski definition) is 3. The highest BCUT2D eigenvalue weighted by molar-refractivity contribution is 9.10. The molecule has 5 nitrogen and oxygen atoms in total. The van der Waals surface area contributed by atoms with Gasteiger partial charge in [-0.2, -0.15) is 0 Å². The van der Waals surface area contributed by atoms with Crippen LogP contribution in [0, 0.1) is 0 Å². The molecular formula is C9H9BrO5. The summed E-state index contributed by atoms with van der Waals surface area (Å²) in [6.45, 7) is 0. The van der Waals surface area contributed by atoms with Crippen LogP contribution in [0.3, 0.4) is 0 Å². The number of phenolic OH excluding ortho intramolecular Hbond substituents is 1. The van der Waals surface area contributed by atoms with Gasteiger partial charge in [-0.3, -0.25) is 0 Å². The van der Waals surface area contributed by atoms with Gasteiger partial charge in [-0.15, -0.1) is 0 Å². The van der Waals surface area contributed by atoms with Crippen LogP contribution in [-0.2, 0) is 4.79 Å². The van der Waals surface area contributed by atoms with E-state index < -0.39 is 12.1 Å². The molecule has 1 aromatic rings. The van der Waals surface area contributed by atoms with Crippen molar-refractivity contribution < 1.29 is 24.9 Å². The molecule has 15 heavy (non-hydrogen) atoms. The van der Waals surface area contributed by atoms with Crippen molar-refractivity contribution in [3.63, 3.8) is 0 Å². The lowest BCUT2D eigenvalue weighted by molar-refractivity contribution is -0.147. The van der Waals surface area contributed by atoms with E-state index in [9.17, 15) is 15.0 Å². The number of phenols is 1. The van der Waals surface area contributed by atoms with Crippen molar-refractivity contribution in [3.8, 4) is 11.5 Å². The summed E-state index contributed by atoms with van der Waals surface area (Å²) in [5, 5.41) is 27.6. The average Bonchev–Trinajstić information content (AvgIpc) is 2.17. The summed E-state index contributed by atoms with van der Waals surface area (Å²) >= 11 is 3.04. The second-order valence-corrected chi connectivity index (χ2v) is 3.61. The number of rotatable bonds is 3. The van der Waals surface area contributed by atoms with Crippen LogP contribution >= 0.6 is 15.9 Å². The molecule has 1 rings (SSSR count). The lowest BCUT2D eigenvalue weighted by Gasteiger charge is -2.13. The number of carboxylic acids is 1. The summed E-state index contributed by atoms with van der Waals surface area (Å²) in [6, 6.07) is 2.94. The van der Waals surface area contributed by atoms with E-state index in [1.165, 1.54) is 19.2 Å². The number of hydrogen-bond acceptors (Lipinski definition) is 4. The van der Waals surface area contributed by atoms with E-state index >= 15 is 0 Å². The molecule has 0 aromatic heterocycles. The first-order valence-electron chi connectivity index (χ1n) is 3.95. The standard InChI is InChI=1S/C9H9BrO5/c1-15-5-3-2-4(10)6(7(5)11)8(12)9(13)14/h2-3,8,11-12H,1H3,(H,13,14). The Kier molecular flexibility index (Phi) is 3.54. The molecule has 0 radical (unpaired) electrons. The van der Waals surface area contributed by atoms with Crippen molar-refractivity contribution in [2.24, 2.45) is 0 Å². The van der Waals surface area contributed by atoms with E-state index in [2.05, 4.69) is 15.9 Å². The van der Waals surface area contributed by atoms with Gasteiger partial charge in [-0.05, 0) is 12.1 Å². The van der Waals surface area contributed by atoms with Crippen LogP contribution in [0.5, 0.6) is 11.5 Å². The van der Waals surface area contributed by atoms with Gasteiger partial charge in [0.25, 0.3) is 0 Å². The summed E-state index contributed by atoms with van der Waals surface area (Å²) in [4.78, 5) is 10.6. The van der Waals surface area contributed by atoms with E-state index in [-0.39, 0.29) is 17.1 Å². The van der Waals surface area contributed by atoms with E-state index in [4.69, 9.17) is 9.84 Å². The molecule has 82 valence electrons. The summed E-state index contributed by atoms with van der Waals surface area (Å²) in [6.07, 6.45) is -1.80. The van der Waals surface area contributed by atoms with Crippen molar-refractivity contribution >= 4 is 21.9 Å². The number of aliphatic hydroxyl groups is 1. The SMILES string of the molecule is COc1ccc(Br)c(C(O)C(=O)O)c1O. The molecule has 0 heterocycles. The van der Waals surface area contributed by atoms with E-state index in [1.54, 1.807) is 0 Å². The molecule has 1 aromatic carbocycles. The predicted octanol–water partition coefficient (Wildman–Crippen LogP) is 1.28. The maximum absolute atomic E-state index is 10.6. The van der Waals surface area contributed by atoms with Gasteiger partial charge in [0.1, 0.15) is 0 Å². The Bertz CT molecular complexity index is 390. The Morgan fingerprint density at radius 3 is 2.60 bits per heavy atom. The minimum Gasteiger partial charge on any atom is -0.504 e. The second-order valence-electron chi connectivity index (χ2n) is 2.75. The molecule has 0 aliphatic rings. The smallest absolute Gasteiger partial charge is 0.337 e. The molecule has 0 aliphatic heterocycles. The number of carbonyl (C=O) groups is 1. The average molecular weight is 277 g/mol. The number of aliphatic hydroxyl groups excluding tert-OH is 1. The van der Waals surface area contributed by atoms with Crippen molar-refractivity contribution in [1.29, 1.82) is 0 Å². The molecule has 0 aliphatic carbocycles. The summed E-state index contributed by atoms with van der Waals surface area (Å²) in [5.74, 6) is -1.73. The summed E-state index contributed by atoms with van der Waals surface area (Å²) in [7, 11) is 1.33. The fourth-order valence-corrected chi connectivity index (χ4v) is 1.65. The van der Waals surface area contributed by atoms with E-state index in [0.29, 0.717) is 4.47 Å². The Morgan fingerprint density at radius 2 is 2.13 bits per heavy atom. The van der Waals surface area contributed by atoms with Gasteiger partial charge in [0.05, 0.1) is 12.7 Å². The molecule has 0 amide bonds. The van der Waals surface area contributed by atoms with Crippen molar-refractivity contribution in [2.75, 3.05) is 7.11 Å². The number of ether oxygens (including phenoxy) is 1. The Morgan fingerprint density at radius 1 is 1.53 bits per heavy atom. The highest BCUT2D eigenvalue weighted by Gasteiger charge is 2.24. The molecule has 0 saturated heterocycles. The zero-order valence-corrected chi connectivity index (χ0v) is 9.35.